The van der Waals surface area contributed by atoms with Crippen LogP contribution in [0.1, 0.15) is 11.6 Å². The van der Waals surface area contributed by atoms with Crippen molar-refractivity contribution in [2.24, 2.45) is 5.73 Å². The van der Waals surface area contributed by atoms with Gasteiger partial charge in [-0.15, -0.1) is 12.4 Å². The van der Waals surface area contributed by atoms with Crippen molar-refractivity contribution >= 4 is 44.3 Å². The largest absolute Gasteiger partial charge is 0.503 e. The van der Waals surface area contributed by atoms with Gasteiger partial charge in [-0.25, -0.2) is 8.78 Å². The third-order valence-corrected chi connectivity index (χ3v) is 4.18. The highest BCUT2D eigenvalue weighted by molar-refractivity contribution is 9.13. The van der Waals surface area contributed by atoms with E-state index in [0.717, 1.165) is 0 Å². The van der Waals surface area contributed by atoms with Gasteiger partial charge < -0.3 is 15.6 Å². The van der Waals surface area contributed by atoms with E-state index in [4.69, 9.17) is 10.5 Å². The summed E-state index contributed by atoms with van der Waals surface area (Å²) >= 11 is 6.15. The van der Waals surface area contributed by atoms with Gasteiger partial charge in [0.25, 0.3) is 6.43 Å². The van der Waals surface area contributed by atoms with Crippen molar-refractivity contribution in [1.29, 1.82) is 0 Å². The first-order chi connectivity index (χ1) is 7.40. The fourth-order valence-corrected chi connectivity index (χ4v) is 2.14. The molecule has 0 amide bonds. The van der Waals surface area contributed by atoms with Gasteiger partial charge in [-0.2, -0.15) is 0 Å². The van der Waals surface area contributed by atoms with Gasteiger partial charge >= 0.3 is 0 Å². The SMILES string of the molecule is COc1cc([C@@H](N)C(F)F)c(Br)c(Br)c1O.Cl. The summed E-state index contributed by atoms with van der Waals surface area (Å²) in [6.45, 7) is 0. The topological polar surface area (TPSA) is 55.5 Å². The summed E-state index contributed by atoms with van der Waals surface area (Å²) in [4.78, 5) is 0. The summed E-state index contributed by atoms with van der Waals surface area (Å²) in [6.07, 6.45) is -2.70. The van der Waals surface area contributed by atoms with Gasteiger partial charge in [0.1, 0.15) is 0 Å². The fourth-order valence-electron chi connectivity index (χ4n) is 1.15. The quantitative estimate of drug-likeness (QED) is 0.819. The molecule has 98 valence electrons. The first kappa shape index (κ1) is 16.9. The van der Waals surface area contributed by atoms with Gasteiger partial charge in [-0.3, -0.25) is 0 Å². The molecule has 0 fully saturated rings. The van der Waals surface area contributed by atoms with E-state index in [2.05, 4.69) is 31.9 Å². The second kappa shape index (κ2) is 6.72. The van der Waals surface area contributed by atoms with E-state index in [9.17, 15) is 13.9 Å². The molecular formula is C9H10Br2ClF2NO2. The summed E-state index contributed by atoms with van der Waals surface area (Å²) in [5.74, 6) is -0.0826. The van der Waals surface area contributed by atoms with Crippen LogP contribution in [0.4, 0.5) is 8.78 Å². The molecule has 0 saturated heterocycles. The van der Waals surface area contributed by atoms with E-state index in [0.29, 0.717) is 4.47 Å². The van der Waals surface area contributed by atoms with Crippen molar-refractivity contribution in [2.45, 2.75) is 12.5 Å². The highest BCUT2D eigenvalue weighted by Crippen LogP contribution is 2.43. The Morgan fingerprint density at radius 2 is 1.88 bits per heavy atom. The standard InChI is InChI=1S/C9H9Br2F2NO2.ClH/c1-16-4-2-3(7(14)9(12)13)5(10)6(11)8(4)15;/h2,7,9,15H,14H2,1H3;1H/t7-;/m1./s1. The predicted octanol–water partition coefficient (Wildman–Crippen LogP) is 3.61. The molecule has 8 heteroatoms. The molecule has 0 spiro atoms. The van der Waals surface area contributed by atoms with Crippen LogP contribution >= 0.6 is 44.3 Å². The van der Waals surface area contributed by atoms with Gasteiger partial charge in [0, 0.05) is 4.47 Å². The van der Waals surface area contributed by atoms with Crippen LogP contribution in [0.25, 0.3) is 0 Å². The Hall–Kier alpha value is -0.110. The monoisotopic (exact) mass is 395 g/mol. The summed E-state index contributed by atoms with van der Waals surface area (Å²) < 4.78 is 30.4. The summed E-state index contributed by atoms with van der Waals surface area (Å²) in [5, 5.41) is 9.59. The normalized spacial score (nSPS) is 12.2. The van der Waals surface area contributed by atoms with Crippen LogP contribution in [0.15, 0.2) is 15.0 Å². The molecule has 17 heavy (non-hydrogen) atoms. The Kier molecular flexibility index (Phi) is 6.68. The van der Waals surface area contributed by atoms with Gasteiger partial charge in [-0.05, 0) is 43.5 Å². The Balaban J connectivity index is 0.00000256. The minimum atomic E-state index is -2.70. The minimum absolute atomic E-state index is 0. The molecule has 3 N–H and O–H groups in total. The predicted molar refractivity (Wildman–Crippen MR) is 70.2 cm³/mol. The van der Waals surface area contributed by atoms with E-state index >= 15 is 0 Å². The molecular weight excluding hydrogens is 387 g/mol. The molecule has 0 saturated carbocycles. The van der Waals surface area contributed by atoms with E-state index in [1.165, 1.54) is 13.2 Å². The molecule has 0 aliphatic heterocycles. The Morgan fingerprint density at radius 1 is 1.35 bits per heavy atom. The second-order valence-electron chi connectivity index (χ2n) is 3.00. The zero-order valence-corrected chi connectivity index (χ0v) is 12.6. The van der Waals surface area contributed by atoms with E-state index in [1.54, 1.807) is 0 Å². The van der Waals surface area contributed by atoms with Crippen LogP contribution in [0.3, 0.4) is 0 Å². The number of ether oxygens (including phenoxy) is 1. The van der Waals surface area contributed by atoms with Gasteiger partial charge in [0.2, 0.25) is 0 Å². The molecule has 0 aromatic heterocycles. The Bertz CT molecular complexity index is 407. The van der Waals surface area contributed by atoms with Crippen LogP contribution in [-0.4, -0.2) is 18.6 Å². The zero-order valence-electron chi connectivity index (χ0n) is 8.58. The van der Waals surface area contributed by atoms with Crippen molar-refractivity contribution < 1.29 is 18.6 Å². The third-order valence-electron chi connectivity index (χ3n) is 2.02. The maximum absolute atomic E-state index is 12.5. The van der Waals surface area contributed by atoms with E-state index in [1.807, 2.05) is 0 Å². The van der Waals surface area contributed by atoms with Crippen LogP contribution in [-0.2, 0) is 0 Å². The van der Waals surface area contributed by atoms with Crippen LogP contribution < -0.4 is 10.5 Å². The highest BCUT2D eigenvalue weighted by Gasteiger charge is 2.24. The van der Waals surface area contributed by atoms with Crippen molar-refractivity contribution in [1.82, 2.24) is 0 Å². The number of benzene rings is 1. The minimum Gasteiger partial charge on any atom is -0.503 e. The number of rotatable bonds is 3. The van der Waals surface area contributed by atoms with Gasteiger partial charge in [-0.1, -0.05) is 0 Å². The van der Waals surface area contributed by atoms with Crippen molar-refractivity contribution in [2.75, 3.05) is 7.11 Å². The zero-order chi connectivity index (χ0) is 12.5. The maximum atomic E-state index is 12.5. The van der Waals surface area contributed by atoms with Gasteiger partial charge in [0.15, 0.2) is 11.5 Å². The Morgan fingerprint density at radius 3 is 2.29 bits per heavy atom. The van der Waals surface area contributed by atoms with Crippen LogP contribution in [0.5, 0.6) is 11.5 Å². The molecule has 3 nitrogen and oxygen atoms in total. The lowest BCUT2D eigenvalue weighted by molar-refractivity contribution is 0.116. The van der Waals surface area contributed by atoms with Crippen molar-refractivity contribution in [3.05, 3.63) is 20.6 Å². The van der Waals surface area contributed by atoms with E-state index < -0.39 is 12.5 Å². The average Bonchev–Trinajstić information content (AvgIpc) is 2.25. The third kappa shape index (κ3) is 3.43. The average molecular weight is 397 g/mol. The molecule has 1 aromatic carbocycles. The molecule has 1 atom stereocenters. The van der Waals surface area contributed by atoms with E-state index in [-0.39, 0.29) is 33.9 Å². The molecule has 1 aromatic rings. The number of alkyl halides is 2. The number of hydrogen-bond donors (Lipinski definition) is 2. The number of nitrogens with two attached hydrogens (primary N) is 1. The molecule has 0 radical (unpaired) electrons. The lowest BCUT2D eigenvalue weighted by Gasteiger charge is -2.16. The molecule has 0 bridgehead atoms. The number of hydrogen-bond acceptors (Lipinski definition) is 3. The maximum Gasteiger partial charge on any atom is 0.257 e. The fraction of sp³-hybridized carbons (Fsp3) is 0.333. The number of phenols is 1. The lowest BCUT2D eigenvalue weighted by atomic mass is 10.1. The summed E-state index contributed by atoms with van der Waals surface area (Å²) in [5.41, 5.74) is 5.51. The molecule has 0 heterocycles. The van der Waals surface area contributed by atoms with Crippen LogP contribution in [0, 0.1) is 0 Å². The number of phenolic OH excluding ortho intramolecular Hbond substituents is 1. The number of aromatic hydroxyl groups is 1. The number of methoxy groups -OCH3 is 1. The first-order valence-electron chi connectivity index (χ1n) is 4.18. The number of halogens is 5. The summed E-state index contributed by atoms with van der Waals surface area (Å²) in [6, 6.07) is -0.166. The smallest absolute Gasteiger partial charge is 0.257 e. The lowest BCUT2D eigenvalue weighted by Crippen LogP contribution is -2.19. The van der Waals surface area contributed by atoms with Crippen LogP contribution in [0.2, 0.25) is 0 Å². The Labute approximate surface area is 120 Å². The molecule has 0 aliphatic carbocycles. The molecule has 0 aliphatic rings. The highest BCUT2D eigenvalue weighted by atomic mass is 79.9. The summed E-state index contributed by atoms with van der Waals surface area (Å²) in [7, 11) is 1.33. The second-order valence-corrected chi connectivity index (χ2v) is 4.59. The van der Waals surface area contributed by atoms with Crippen molar-refractivity contribution in [3.63, 3.8) is 0 Å². The van der Waals surface area contributed by atoms with Gasteiger partial charge in [0.05, 0.1) is 17.6 Å². The van der Waals surface area contributed by atoms with Crippen molar-refractivity contribution in [3.8, 4) is 11.5 Å². The molecule has 1 rings (SSSR count). The molecule has 0 unspecified atom stereocenters. The first-order valence-corrected chi connectivity index (χ1v) is 5.77.